The van der Waals surface area contributed by atoms with Gasteiger partial charge in [-0.1, -0.05) is 36.4 Å². The van der Waals surface area contributed by atoms with Gasteiger partial charge in [-0.25, -0.2) is 4.98 Å². The van der Waals surface area contributed by atoms with Crippen molar-refractivity contribution in [1.82, 2.24) is 19.7 Å². The fourth-order valence-electron chi connectivity index (χ4n) is 4.26. The highest BCUT2D eigenvalue weighted by Crippen LogP contribution is 2.41. The Morgan fingerprint density at radius 3 is 2.44 bits per heavy atom. The molecule has 2 aromatic carbocycles. The van der Waals surface area contributed by atoms with Gasteiger partial charge in [0, 0.05) is 18.7 Å². The molecule has 3 heterocycles. The molecule has 10 heteroatoms. The van der Waals surface area contributed by atoms with Gasteiger partial charge in [-0.05, 0) is 31.4 Å². The Morgan fingerprint density at radius 2 is 1.76 bits per heavy atom. The molecule has 0 unspecified atom stereocenters. The Labute approximate surface area is 192 Å². The zero-order valence-electron chi connectivity index (χ0n) is 18.3. The van der Waals surface area contributed by atoms with E-state index in [1.165, 1.54) is 24.1 Å². The van der Waals surface area contributed by atoms with Crippen LogP contribution < -0.4 is 4.74 Å². The number of carbonyl (C=O) groups excluding carboxylic acids is 1. The minimum absolute atomic E-state index is 0.0685. The van der Waals surface area contributed by atoms with Crippen LogP contribution in [0, 0.1) is 0 Å². The number of piperidine rings is 1. The van der Waals surface area contributed by atoms with E-state index in [4.69, 9.17) is 9.15 Å². The van der Waals surface area contributed by atoms with E-state index in [9.17, 15) is 18.0 Å². The maximum atomic E-state index is 14.2. The fraction of sp³-hybridized carbons (Fsp3) is 0.292. The Balaban J connectivity index is 1.80. The molecule has 34 heavy (non-hydrogen) atoms. The molecule has 0 bridgehead atoms. The van der Waals surface area contributed by atoms with Gasteiger partial charge < -0.3 is 14.1 Å². The second kappa shape index (κ2) is 8.51. The molecule has 1 aliphatic rings. The number of benzene rings is 2. The monoisotopic (exact) mass is 470 g/mol. The molecule has 2 aromatic heterocycles. The van der Waals surface area contributed by atoms with Gasteiger partial charge in [0.2, 0.25) is 5.89 Å². The predicted octanol–water partition coefficient (Wildman–Crippen LogP) is 5.47. The van der Waals surface area contributed by atoms with Crippen molar-refractivity contribution in [2.24, 2.45) is 0 Å². The molecule has 1 amide bonds. The molecule has 0 saturated carbocycles. The van der Waals surface area contributed by atoms with Gasteiger partial charge in [0.25, 0.3) is 5.91 Å². The number of aromatic nitrogens is 3. The van der Waals surface area contributed by atoms with E-state index in [0.29, 0.717) is 29.9 Å². The number of ether oxygens (including phenoxy) is 1. The van der Waals surface area contributed by atoms with Crippen molar-refractivity contribution in [2.45, 2.75) is 25.6 Å². The van der Waals surface area contributed by atoms with Gasteiger partial charge in [0.1, 0.15) is 5.75 Å². The molecular formula is C24H21F3N4O3. The summed E-state index contributed by atoms with van der Waals surface area (Å²) in [6, 6.07) is 13.0. The normalized spacial score (nSPS) is 14.5. The summed E-state index contributed by atoms with van der Waals surface area (Å²) in [5.41, 5.74) is 0.147. The Kier molecular flexibility index (Phi) is 5.51. The van der Waals surface area contributed by atoms with Crippen LogP contribution in [0.4, 0.5) is 13.2 Å². The number of alkyl halides is 3. The zero-order chi connectivity index (χ0) is 23.9. The lowest BCUT2D eigenvalue weighted by Gasteiger charge is -2.26. The summed E-state index contributed by atoms with van der Waals surface area (Å²) in [5, 5.41) is 3.79. The van der Waals surface area contributed by atoms with Crippen molar-refractivity contribution in [3.63, 3.8) is 0 Å². The van der Waals surface area contributed by atoms with E-state index in [1.54, 1.807) is 36.4 Å². The van der Waals surface area contributed by atoms with Crippen LogP contribution in [-0.2, 0) is 6.30 Å². The number of hydrogen-bond donors (Lipinski definition) is 0. The molecule has 5 rings (SSSR count). The van der Waals surface area contributed by atoms with Crippen molar-refractivity contribution in [3.8, 4) is 28.5 Å². The molecule has 4 aromatic rings. The minimum Gasteiger partial charge on any atom is -0.494 e. The molecule has 1 saturated heterocycles. The van der Waals surface area contributed by atoms with Crippen molar-refractivity contribution < 1.29 is 27.1 Å². The number of fused-ring (bicyclic) bond motifs is 1. The van der Waals surface area contributed by atoms with Gasteiger partial charge in [-0.2, -0.15) is 9.78 Å². The second-order valence-corrected chi connectivity index (χ2v) is 8.00. The Morgan fingerprint density at radius 1 is 1.03 bits per heavy atom. The van der Waals surface area contributed by atoms with Crippen LogP contribution in [0.15, 0.2) is 52.9 Å². The molecule has 7 nitrogen and oxygen atoms in total. The van der Waals surface area contributed by atoms with E-state index < -0.39 is 12.2 Å². The van der Waals surface area contributed by atoms with Crippen LogP contribution in [0.5, 0.6) is 5.75 Å². The fourth-order valence-corrected chi connectivity index (χ4v) is 4.26. The van der Waals surface area contributed by atoms with E-state index in [1.807, 2.05) is 0 Å². The molecule has 0 spiro atoms. The van der Waals surface area contributed by atoms with Crippen molar-refractivity contribution >= 4 is 17.0 Å². The summed E-state index contributed by atoms with van der Waals surface area (Å²) in [5.74, 6) is -0.306. The third-order valence-electron chi connectivity index (χ3n) is 5.83. The van der Waals surface area contributed by atoms with E-state index in [0.717, 1.165) is 19.3 Å². The van der Waals surface area contributed by atoms with Crippen LogP contribution in [0.3, 0.4) is 0 Å². The maximum Gasteiger partial charge on any atom is 0.505 e. The standard InChI is InChI=1S/C24H21F3N4O3/c1-33-16-11-8-12-17-19(16)28-22(34-17)18-20(23(32)30-13-6-3-7-14-30)29-31(24(25,26)27)21(18)15-9-4-2-5-10-15/h2,4-5,8-12H,3,6-7,13-14H2,1H3. The SMILES string of the molecule is COc1cccc2oc(-c3c(C(=O)N4CCCCC4)nn(C(F)(F)F)c3-c3ccccc3)nc12. The van der Waals surface area contributed by atoms with Crippen molar-refractivity contribution in [3.05, 3.63) is 54.2 Å². The number of nitrogens with zero attached hydrogens (tertiary/aromatic N) is 4. The highest BCUT2D eigenvalue weighted by Gasteiger charge is 2.41. The van der Waals surface area contributed by atoms with Gasteiger partial charge in [-0.3, -0.25) is 4.79 Å². The lowest BCUT2D eigenvalue weighted by Crippen LogP contribution is -2.36. The maximum absolute atomic E-state index is 14.2. The summed E-state index contributed by atoms with van der Waals surface area (Å²) in [7, 11) is 1.46. The van der Waals surface area contributed by atoms with Crippen LogP contribution in [0.2, 0.25) is 0 Å². The number of halogens is 3. The van der Waals surface area contributed by atoms with E-state index >= 15 is 0 Å². The zero-order valence-corrected chi connectivity index (χ0v) is 18.3. The molecule has 176 valence electrons. The number of amides is 1. The van der Waals surface area contributed by atoms with Crippen LogP contribution in [0.1, 0.15) is 29.8 Å². The summed E-state index contributed by atoms with van der Waals surface area (Å²) >= 11 is 0. The largest absolute Gasteiger partial charge is 0.505 e. The van der Waals surface area contributed by atoms with Gasteiger partial charge in [-0.15, -0.1) is 13.2 Å². The lowest BCUT2D eigenvalue weighted by molar-refractivity contribution is -0.211. The average Bonchev–Trinajstić information content (AvgIpc) is 3.46. The quantitative estimate of drug-likeness (QED) is 0.396. The molecule has 0 aliphatic carbocycles. The number of rotatable bonds is 4. The molecule has 0 radical (unpaired) electrons. The number of hydrogen-bond acceptors (Lipinski definition) is 5. The van der Waals surface area contributed by atoms with Crippen molar-refractivity contribution in [1.29, 1.82) is 0 Å². The molecular weight excluding hydrogens is 449 g/mol. The smallest absolute Gasteiger partial charge is 0.494 e. The topological polar surface area (TPSA) is 73.4 Å². The molecule has 1 aliphatic heterocycles. The van der Waals surface area contributed by atoms with E-state index in [2.05, 4.69) is 10.1 Å². The third kappa shape index (κ3) is 3.78. The highest BCUT2D eigenvalue weighted by molar-refractivity contribution is 6.02. The number of carbonyl (C=O) groups is 1. The second-order valence-electron chi connectivity index (χ2n) is 8.00. The number of oxazole rings is 1. The first-order chi connectivity index (χ1) is 16.4. The van der Waals surface area contributed by atoms with Crippen LogP contribution in [0.25, 0.3) is 33.8 Å². The number of methoxy groups -OCH3 is 1. The Bertz CT molecular complexity index is 1340. The summed E-state index contributed by atoms with van der Waals surface area (Å²) in [6.07, 6.45) is -2.34. The highest BCUT2D eigenvalue weighted by atomic mass is 19.4. The predicted molar refractivity (Wildman–Crippen MR) is 118 cm³/mol. The van der Waals surface area contributed by atoms with Crippen molar-refractivity contribution in [2.75, 3.05) is 20.2 Å². The first kappa shape index (κ1) is 22.0. The Hall–Kier alpha value is -3.82. The first-order valence-electron chi connectivity index (χ1n) is 10.9. The first-order valence-corrected chi connectivity index (χ1v) is 10.9. The minimum atomic E-state index is -4.87. The third-order valence-corrected chi connectivity index (χ3v) is 5.83. The van der Waals surface area contributed by atoms with Crippen LogP contribution >= 0.6 is 0 Å². The molecule has 0 N–H and O–H groups in total. The van der Waals surface area contributed by atoms with E-state index in [-0.39, 0.29) is 33.1 Å². The summed E-state index contributed by atoms with van der Waals surface area (Å²) < 4.78 is 53.7. The summed E-state index contributed by atoms with van der Waals surface area (Å²) in [4.78, 5) is 19.4. The average molecular weight is 470 g/mol. The summed E-state index contributed by atoms with van der Waals surface area (Å²) in [6.45, 7) is 0.915. The molecule has 1 fully saturated rings. The van der Waals surface area contributed by atoms with Gasteiger partial charge in [0.05, 0.1) is 18.4 Å². The van der Waals surface area contributed by atoms with Crippen LogP contribution in [-0.4, -0.2) is 45.8 Å². The number of likely N-dealkylation sites (tertiary alicyclic amines) is 1. The molecule has 0 atom stereocenters. The van der Waals surface area contributed by atoms with Gasteiger partial charge in [0.15, 0.2) is 16.8 Å². The lowest BCUT2D eigenvalue weighted by atomic mass is 10.0. The number of para-hydroxylation sites is 1. The van der Waals surface area contributed by atoms with Gasteiger partial charge >= 0.3 is 6.30 Å².